The summed E-state index contributed by atoms with van der Waals surface area (Å²) in [4.78, 5) is 12.7. The zero-order chi connectivity index (χ0) is 20.5. The average molecular weight is 405 g/mol. The maximum atomic E-state index is 14.3. The van der Waals surface area contributed by atoms with Crippen molar-refractivity contribution in [1.29, 1.82) is 0 Å². The first-order valence-electron chi connectivity index (χ1n) is 9.36. The van der Waals surface area contributed by atoms with Crippen LogP contribution in [-0.4, -0.2) is 20.4 Å². The van der Waals surface area contributed by atoms with E-state index in [1.54, 1.807) is 13.8 Å². The minimum absolute atomic E-state index is 0.135. The molecule has 2 aromatic rings. The van der Waals surface area contributed by atoms with Crippen LogP contribution in [0, 0.1) is 17.7 Å². The number of rotatable bonds is 7. The van der Waals surface area contributed by atoms with E-state index in [0.29, 0.717) is 5.92 Å². The van der Waals surface area contributed by atoms with Gasteiger partial charge in [-0.15, -0.1) is 0 Å². The van der Waals surface area contributed by atoms with Gasteiger partial charge in [-0.2, -0.15) is 0 Å². The van der Waals surface area contributed by atoms with Crippen LogP contribution in [0.2, 0.25) is 0 Å². The summed E-state index contributed by atoms with van der Waals surface area (Å²) in [5.41, 5.74) is 0.678. The molecule has 0 saturated heterocycles. The van der Waals surface area contributed by atoms with Crippen molar-refractivity contribution in [2.45, 2.75) is 44.2 Å². The van der Waals surface area contributed by atoms with E-state index in [1.807, 2.05) is 30.3 Å². The van der Waals surface area contributed by atoms with Gasteiger partial charge in [-0.3, -0.25) is 4.79 Å². The van der Waals surface area contributed by atoms with Crippen molar-refractivity contribution < 1.29 is 17.6 Å². The Morgan fingerprint density at radius 3 is 2.36 bits per heavy atom. The van der Waals surface area contributed by atoms with Crippen molar-refractivity contribution in [3.05, 3.63) is 65.5 Å². The van der Waals surface area contributed by atoms with Gasteiger partial charge in [-0.1, -0.05) is 37.3 Å². The molecule has 7 heteroatoms. The molecule has 3 rings (SSSR count). The molecule has 1 amide bonds. The molecule has 150 valence electrons. The Kier molecular flexibility index (Phi) is 5.86. The number of halogens is 1. The second-order valence-corrected chi connectivity index (χ2v) is 9.37. The van der Waals surface area contributed by atoms with Crippen LogP contribution < -0.4 is 10.0 Å². The third-order valence-corrected chi connectivity index (χ3v) is 6.59. The molecule has 2 aromatic carbocycles. The number of carbonyl (C=O) groups is 1. The van der Waals surface area contributed by atoms with Crippen molar-refractivity contribution in [2.75, 3.05) is 0 Å². The first kappa shape index (κ1) is 20.5. The van der Waals surface area contributed by atoms with Gasteiger partial charge in [0.25, 0.3) is 5.91 Å². The standard InChI is InChI=1S/C21H25FN2O3S/c1-13(2)24-28(26,27)16-9-10-19(22)18(12-16)21(25)23-20(17-11-14(17)3)15-7-5-4-6-8-15/h4-10,12-14,17,20,24H,11H2,1-3H3,(H,23,25). The summed E-state index contributed by atoms with van der Waals surface area (Å²) in [7, 11) is -3.82. The molecule has 3 unspecified atom stereocenters. The van der Waals surface area contributed by atoms with Crippen molar-refractivity contribution in [1.82, 2.24) is 10.0 Å². The Balaban J connectivity index is 1.88. The van der Waals surface area contributed by atoms with Gasteiger partial charge in [-0.05, 0) is 55.9 Å². The van der Waals surface area contributed by atoms with Gasteiger partial charge >= 0.3 is 0 Å². The van der Waals surface area contributed by atoms with Crippen LogP contribution in [0.15, 0.2) is 53.4 Å². The highest BCUT2D eigenvalue weighted by atomic mass is 32.2. The molecular formula is C21H25FN2O3S. The Morgan fingerprint density at radius 2 is 1.79 bits per heavy atom. The molecule has 0 radical (unpaired) electrons. The molecular weight excluding hydrogens is 379 g/mol. The fourth-order valence-corrected chi connectivity index (χ4v) is 4.63. The molecule has 0 bridgehead atoms. The van der Waals surface area contributed by atoms with Crippen LogP contribution >= 0.6 is 0 Å². The fourth-order valence-electron chi connectivity index (χ4n) is 3.36. The third-order valence-electron chi connectivity index (χ3n) is 4.93. The highest BCUT2D eigenvalue weighted by Crippen LogP contribution is 2.47. The van der Waals surface area contributed by atoms with Crippen molar-refractivity contribution in [2.24, 2.45) is 11.8 Å². The summed E-state index contributed by atoms with van der Waals surface area (Å²) < 4.78 is 41.5. The molecule has 5 nitrogen and oxygen atoms in total. The average Bonchev–Trinajstić information content (AvgIpc) is 3.35. The lowest BCUT2D eigenvalue weighted by atomic mass is 10.0. The number of amides is 1. The van der Waals surface area contributed by atoms with Crippen molar-refractivity contribution in [3.8, 4) is 0 Å². The predicted octanol–water partition coefficient (Wildman–Crippen LogP) is 3.64. The molecule has 0 spiro atoms. The van der Waals surface area contributed by atoms with Gasteiger partial charge in [0, 0.05) is 6.04 Å². The van der Waals surface area contributed by atoms with Crippen LogP contribution in [0.1, 0.15) is 49.2 Å². The normalized spacial score (nSPS) is 20.0. The molecule has 1 aliphatic rings. The molecule has 28 heavy (non-hydrogen) atoms. The quantitative estimate of drug-likeness (QED) is 0.740. The summed E-state index contributed by atoms with van der Waals surface area (Å²) in [6, 6.07) is 12.3. The van der Waals surface area contributed by atoms with Gasteiger partial charge in [0.2, 0.25) is 10.0 Å². The minimum atomic E-state index is -3.82. The Morgan fingerprint density at radius 1 is 1.14 bits per heavy atom. The molecule has 1 saturated carbocycles. The van der Waals surface area contributed by atoms with E-state index in [4.69, 9.17) is 0 Å². The number of benzene rings is 2. The molecule has 3 atom stereocenters. The summed E-state index contributed by atoms with van der Waals surface area (Å²) in [5.74, 6) is -0.620. The summed E-state index contributed by atoms with van der Waals surface area (Å²) in [6.45, 7) is 5.49. The van der Waals surface area contributed by atoms with Gasteiger partial charge in [0.05, 0.1) is 16.5 Å². The second-order valence-electron chi connectivity index (χ2n) is 7.66. The van der Waals surface area contributed by atoms with Crippen LogP contribution in [0.3, 0.4) is 0 Å². The summed E-state index contributed by atoms with van der Waals surface area (Å²) in [6.07, 6.45) is 0.981. The molecule has 1 aliphatic carbocycles. The van der Waals surface area contributed by atoms with E-state index in [-0.39, 0.29) is 28.5 Å². The first-order chi connectivity index (χ1) is 13.2. The predicted molar refractivity (Wildman–Crippen MR) is 106 cm³/mol. The molecule has 0 heterocycles. The lowest BCUT2D eigenvalue weighted by molar-refractivity contribution is 0.0926. The van der Waals surface area contributed by atoms with E-state index in [2.05, 4.69) is 17.0 Å². The largest absolute Gasteiger partial charge is 0.345 e. The van der Waals surface area contributed by atoms with Gasteiger partial charge in [0.1, 0.15) is 5.82 Å². The lowest BCUT2D eigenvalue weighted by Gasteiger charge is -2.20. The van der Waals surface area contributed by atoms with E-state index < -0.39 is 21.7 Å². The molecule has 0 aliphatic heterocycles. The number of sulfonamides is 1. The third kappa shape index (κ3) is 4.59. The topological polar surface area (TPSA) is 75.3 Å². The number of hydrogen-bond acceptors (Lipinski definition) is 3. The maximum Gasteiger partial charge on any atom is 0.254 e. The number of carbonyl (C=O) groups excluding carboxylic acids is 1. The maximum absolute atomic E-state index is 14.3. The van der Waals surface area contributed by atoms with E-state index in [1.165, 1.54) is 0 Å². The molecule has 1 fully saturated rings. The van der Waals surface area contributed by atoms with Crippen LogP contribution in [0.25, 0.3) is 0 Å². The highest BCUT2D eigenvalue weighted by molar-refractivity contribution is 7.89. The zero-order valence-corrected chi connectivity index (χ0v) is 17.0. The van der Waals surface area contributed by atoms with E-state index in [0.717, 1.165) is 30.2 Å². The summed E-state index contributed by atoms with van der Waals surface area (Å²) >= 11 is 0. The number of hydrogen-bond donors (Lipinski definition) is 2. The van der Waals surface area contributed by atoms with Crippen molar-refractivity contribution >= 4 is 15.9 Å². The van der Waals surface area contributed by atoms with Crippen molar-refractivity contribution in [3.63, 3.8) is 0 Å². The van der Waals surface area contributed by atoms with Crippen LogP contribution in [0.5, 0.6) is 0 Å². The molecule has 2 N–H and O–H groups in total. The summed E-state index contributed by atoms with van der Waals surface area (Å²) in [5, 5.41) is 2.91. The Labute approximate surface area is 165 Å². The molecule has 0 aromatic heterocycles. The smallest absolute Gasteiger partial charge is 0.254 e. The van der Waals surface area contributed by atoms with E-state index in [9.17, 15) is 17.6 Å². The van der Waals surface area contributed by atoms with Gasteiger partial charge in [0.15, 0.2) is 0 Å². The second kappa shape index (κ2) is 8.01. The first-order valence-corrected chi connectivity index (χ1v) is 10.8. The van der Waals surface area contributed by atoms with Crippen LogP contribution in [-0.2, 0) is 10.0 Å². The zero-order valence-electron chi connectivity index (χ0n) is 16.1. The number of nitrogens with one attached hydrogen (secondary N) is 2. The van der Waals surface area contributed by atoms with Crippen LogP contribution in [0.4, 0.5) is 4.39 Å². The monoisotopic (exact) mass is 404 g/mol. The van der Waals surface area contributed by atoms with Gasteiger partial charge in [-0.25, -0.2) is 17.5 Å². The minimum Gasteiger partial charge on any atom is -0.345 e. The highest BCUT2D eigenvalue weighted by Gasteiger charge is 2.41. The lowest BCUT2D eigenvalue weighted by Crippen LogP contribution is -2.32. The van der Waals surface area contributed by atoms with E-state index >= 15 is 0 Å². The SMILES string of the molecule is CC(C)NS(=O)(=O)c1ccc(F)c(C(=O)NC(c2ccccc2)C2CC2C)c1. The fraction of sp³-hybridized carbons (Fsp3) is 0.381. The Hall–Kier alpha value is -2.25. The Bertz CT molecular complexity index is 961. The van der Waals surface area contributed by atoms with Gasteiger partial charge < -0.3 is 5.32 Å².